The fourth-order valence-corrected chi connectivity index (χ4v) is 2.11. The fraction of sp³-hybridized carbons (Fsp3) is 0.231. The molecule has 20 heavy (non-hydrogen) atoms. The monoisotopic (exact) mass is 339 g/mol. The van der Waals surface area contributed by atoms with Crippen LogP contribution in [-0.2, 0) is 11.3 Å². The van der Waals surface area contributed by atoms with Crippen LogP contribution in [0.1, 0.15) is 16.2 Å². The third-order valence-corrected chi connectivity index (χ3v) is 3.21. The Bertz CT molecular complexity index is 627. The molecule has 106 valence electrons. The van der Waals surface area contributed by atoms with E-state index in [4.69, 9.17) is 15.0 Å². The van der Waals surface area contributed by atoms with Crippen molar-refractivity contribution in [2.45, 2.75) is 6.61 Å². The number of rotatable bonds is 4. The third-order valence-electron chi connectivity index (χ3n) is 2.72. The smallest absolute Gasteiger partial charge is 0.280 e. The van der Waals surface area contributed by atoms with E-state index in [0.717, 1.165) is 4.47 Å². The Balaban J connectivity index is 2.22. The van der Waals surface area contributed by atoms with Gasteiger partial charge in [-0.2, -0.15) is 0 Å². The van der Waals surface area contributed by atoms with Gasteiger partial charge in [-0.05, 0) is 18.2 Å². The van der Waals surface area contributed by atoms with Gasteiger partial charge in [0.15, 0.2) is 11.5 Å². The molecule has 0 fully saturated rings. The van der Waals surface area contributed by atoms with E-state index in [0.29, 0.717) is 17.1 Å². The minimum absolute atomic E-state index is 0.210. The lowest BCUT2D eigenvalue weighted by Gasteiger charge is -2.17. The van der Waals surface area contributed by atoms with Crippen LogP contribution in [-0.4, -0.2) is 25.2 Å². The van der Waals surface area contributed by atoms with Crippen LogP contribution >= 0.6 is 15.9 Å². The van der Waals surface area contributed by atoms with Crippen LogP contribution < -0.4 is 10.6 Å². The molecule has 1 heterocycles. The van der Waals surface area contributed by atoms with Gasteiger partial charge in [0.2, 0.25) is 0 Å². The lowest BCUT2D eigenvalue weighted by molar-refractivity contribution is 0.0983. The number of hydrogen-bond acceptors (Lipinski definition) is 5. The summed E-state index contributed by atoms with van der Waals surface area (Å²) in [5, 5.41) is 3.73. The Kier molecular flexibility index (Phi) is 4.41. The lowest BCUT2D eigenvalue weighted by Crippen LogP contribution is -2.27. The molecule has 1 amide bonds. The minimum atomic E-state index is -0.301. The molecule has 0 atom stereocenters. The number of ether oxygens (including phenoxy) is 1. The van der Waals surface area contributed by atoms with Crippen LogP contribution in [0.2, 0.25) is 0 Å². The predicted molar refractivity (Wildman–Crippen MR) is 78.5 cm³/mol. The van der Waals surface area contributed by atoms with Crippen LogP contribution in [0.15, 0.2) is 33.3 Å². The number of nitrogens with two attached hydrogens (primary N) is 1. The molecule has 0 aliphatic heterocycles. The summed E-state index contributed by atoms with van der Waals surface area (Å²) >= 11 is 3.32. The van der Waals surface area contributed by atoms with Gasteiger partial charge in [0.05, 0.1) is 11.4 Å². The molecule has 7 heteroatoms. The highest BCUT2D eigenvalue weighted by Gasteiger charge is 2.19. The second kappa shape index (κ2) is 6.06. The molecule has 0 unspecified atom stereocenters. The Morgan fingerprint density at radius 2 is 2.25 bits per heavy atom. The molecule has 0 bridgehead atoms. The number of anilines is 2. The Labute approximate surface area is 124 Å². The first-order valence-electron chi connectivity index (χ1n) is 5.80. The molecule has 1 aromatic carbocycles. The number of amides is 1. The highest BCUT2D eigenvalue weighted by Crippen LogP contribution is 2.26. The number of nitrogen functional groups attached to an aromatic ring is 1. The van der Waals surface area contributed by atoms with Crippen molar-refractivity contribution >= 4 is 33.2 Å². The van der Waals surface area contributed by atoms with Crippen molar-refractivity contribution in [3.63, 3.8) is 0 Å². The zero-order chi connectivity index (χ0) is 14.7. The van der Waals surface area contributed by atoms with Gasteiger partial charge >= 0.3 is 0 Å². The van der Waals surface area contributed by atoms with Gasteiger partial charge in [0.1, 0.15) is 6.61 Å². The summed E-state index contributed by atoms with van der Waals surface area (Å²) in [7, 11) is 3.17. The van der Waals surface area contributed by atoms with E-state index >= 15 is 0 Å². The molecule has 2 rings (SSSR count). The van der Waals surface area contributed by atoms with Crippen LogP contribution in [0.25, 0.3) is 0 Å². The first-order chi connectivity index (χ1) is 9.52. The normalized spacial score (nSPS) is 10.6. The average Bonchev–Trinajstić information content (AvgIpc) is 2.86. The number of benzene rings is 1. The van der Waals surface area contributed by atoms with E-state index in [2.05, 4.69) is 21.1 Å². The third kappa shape index (κ3) is 3.00. The van der Waals surface area contributed by atoms with Crippen molar-refractivity contribution in [1.82, 2.24) is 5.16 Å². The maximum atomic E-state index is 12.3. The number of methoxy groups -OCH3 is 1. The number of aromatic nitrogens is 1. The number of hydrogen-bond donors (Lipinski definition) is 1. The lowest BCUT2D eigenvalue weighted by atomic mass is 10.2. The average molecular weight is 340 g/mol. The second-order valence-electron chi connectivity index (χ2n) is 4.18. The molecule has 1 aromatic heterocycles. The molecule has 2 aromatic rings. The summed E-state index contributed by atoms with van der Waals surface area (Å²) in [6.45, 7) is 0.268. The molecule has 2 N–H and O–H groups in total. The highest BCUT2D eigenvalue weighted by molar-refractivity contribution is 9.10. The number of nitrogens with zero attached hydrogens (tertiary/aromatic N) is 2. The predicted octanol–water partition coefficient (Wildman–Crippen LogP) is 2.44. The van der Waals surface area contributed by atoms with E-state index in [1.165, 1.54) is 4.90 Å². The first kappa shape index (κ1) is 14.5. The van der Waals surface area contributed by atoms with Crippen LogP contribution in [0.3, 0.4) is 0 Å². The van der Waals surface area contributed by atoms with Gasteiger partial charge in [-0.15, -0.1) is 0 Å². The molecule has 0 saturated carbocycles. The molecule has 0 spiro atoms. The summed E-state index contributed by atoms with van der Waals surface area (Å²) in [6.07, 6.45) is 0. The Morgan fingerprint density at radius 1 is 1.50 bits per heavy atom. The topological polar surface area (TPSA) is 81.6 Å². The van der Waals surface area contributed by atoms with Crippen molar-refractivity contribution in [3.05, 3.63) is 40.2 Å². The molecule has 0 aliphatic carbocycles. The first-order valence-corrected chi connectivity index (χ1v) is 6.60. The van der Waals surface area contributed by atoms with Crippen molar-refractivity contribution in [2.24, 2.45) is 0 Å². The van der Waals surface area contributed by atoms with Crippen molar-refractivity contribution < 1.29 is 14.1 Å². The summed E-state index contributed by atoms with van der Waals surface area (Å²) in [5.74, 6) is 0.193. The quantitative estimate of drug-likeness (QED) is 0.865. The maximum Gasteiger partial charge on any atom is 0.280 e. The van der Waals surface area contributed by atoms with Crippen molar-refractivity contribution in [1.29, 1.82) is 0 Å². The maximum absolute atomic E-state index is 12.3. The van der Waals surface area contributed by atoms with E-state index in [1.807, 2.05) is 6.07 Å². The van der Waals surface area contributed by atoms with E-state index in [-0.39, 0.29) is 18.2 Å². The molecular formula is C13H14BrN3O3. The molecular weight excluding hydrogens is 326 g/mol. The summed E-state index contributed by atoms with van der Waals surface area (Å²) in [4.78, 5) is 13.7. The summed E-state index contributed by atoms with van der Waals surface area (Å²) < 4.78 is 10.8. The van der Waals surface area contributed by atoms with E-state index in [1.54, 1.807) is 32.4 Å². The SMILES string of the molecule is COCc1cc(C(=O)N(C)c2ccc(Br)cc2N)no1. The second-order valence-corrected chi connectivity index (χ2v) is 5.09. The van der Waals surface area contributed by atoms with Gasteiger partial charge in [-0.25, -0.2) is 0 Å². The van der Waals surface area contributed by atoms with Crippen LogP contribution in [0.4, 0.5) is 11.4 Å². The number of carbonyl (C=O) groups excluding carboxylic acids is 1. The van der Waals surface area contributed by atoms with Gasteiger partial charge in [0.25, 0.3) is 5.91 Å². The zero-order valence-corrected chi connectivity index (χ0v) is 12.7. The van der Waals surface area contributed by atoms with Gasteiger partial charge in [-0.3, -0.25) is 4.79 Å². The molecule has 6 nitrogen and oxygen atoms in total. The highest BCUT2D eigenvalue weighted by atomic mass is 79.9. The fourth-order valence-electron chi connectivity index (χ4n) is 1.74. The van der Waals surface area contributed by atoms with Crippen molar-refractivity contribution in [3.8, 4) is 0 Å². The molecule has 0 aliphatic rings. The van der Waals surface area contributed by atoms with Gasteiger partial charge in [0, 0.05) is 24.7 Å². The summed E-state index contributed by atoms with van der Waals surface area (Å²) in [6, 6.07) is 6.86. The standard InChI is InChI=1S/C13H14BrN3O3/c1-17(12-4-3-8(14)5-10(12)15)13(18)11-6-9(7-19-2)20-16-11/h3-6H,7,15H2,1-2H3. The summed E-state index contributed by atoms with van der Waals surface area (Å²) in [5.41, 5.74) is 7.22. The van der Waals surface area contributed by atoms with E-state index < -0.39 is 0 Å². The Morgan fingerprint density at radius 3 is 2.90 bits per heavy atom. The van der Waals surface area contributed by atoms with E-state index in [9.17, 15) is 4.79 Å². The van der Waals surface area contributed by atoms with Crippen LogP contribution in [0, 0.1) is 0 Å². The largest absolute Gasteiger partial charge is 0.397 e. The van der Waals surface area contributed by atoms with Crippen molar-refractivity contribution in [2.75, 3.05) is 24.8 Å². The zero-order valence-electron chi connectivity index (χ0n) is 11.1. The van der Waals surface area contributed by atoms with Gasteiger partial charge < -0.3 is 19.9 Å². The number of carbonyl (C=O) groups is 1. The number of halogens is 1. The molecule has 0 saturated heterocycles. The van der Waals surface area contributed by atoms with Crippen LogP contribution in [0.5, 0.6) is 0 Å². The van der Waals surface area contributed by atoms with Gasteiger partial charge in [-0.1, -0.05) is 21.1 Å². The Hall–Kier alpha value is -1.86. The molecule has 0 radical (unpaired) electrons. The minimum Gasteiger partial charge on any atom is -0.397 e.